The fraction of sp³-hybridized carbons (Fsp3) is 0.929. The largest absolute Gasteiger partial charge is 0.354 e. The van der Waals surface area contributed by atoms with Crippen LogP contribution in [0.1, 0.15) is 46.5 Å². The molecule has 2 aliphatic rings. The molecule has 2 rings (SSSR count). The molecule has 2 fully saturated rings. The number of hydrogen-bond acceptors (Lipinski definition) is 2. The van der Waals surface area contributed by atoms with Crippen molar-refractivity contribution in [1.82, 2.24) is 10.6 Å². The normalized spacial score (nSPS) is 26.3. The molecular weight excluding hydrogens is 250 g/mol. The van der Waals surface area contributed by atoms with Gasteiger partial charge in [0.25, 0.3) is 5.92 Å². The molecule has 2 N–H and O–H groups in total. The van der Waals surface area contributed by atoms with Crippen LogP contribution >= 0.6 is 0 Å². The summed E-state index contributed by atoms with van der Waals surface area (Å²) < 4.78 is 26.7. The van der Waals surface area contributed by atoms with E-state index >= 15 is 0 Å². The minimum atomic E-state index is -2.81. The van der Waals surface area contributed by atoms with E-state index in [2.05, 4.69) is 10.6 Å². The van der Waals surface area contributed by atoms with Gasteiger partial charge < -0.3 is 10.6 Å². The van der Waals surface area contributed by atoms with Gasteiger partial charge in [0.05, 0.1) is 6.04 Å². The third kappa shape index (κ3) is 2.62. The van der Waals surface area contributed by atoms with Gasteiger partial charge in [0.15, 0.2) is 0 Å². The molecule has 1 unspecified atom stereocenters. The zero-order valence-corrected chi connectivity index (χ0v) is 12.0. The molecule has 19 heavy (non-hydrogen) atoms. The molecule has 0 aromatic carbocycles. The minimum absolute atomic E-state index is 0.00356. The highest BCUT2D eigenvalue weighted by molar-refractivity contribution is 5.84. The molecule has 1 spiro atoms. The summed E-state index contributed by atoms with van der Waals surface area (Å²) >= 11 is 0. The van der Waals surface area contributed by atoms with Crippen LogP contribution in [0.25, 0.3) is 0 Å². The van der Waals surface area contributed by atoms with E-state index in [0.717, 1.165) is 26.3 Å². The van der Waals surface area contributed by atoms with Crippen LogP contribution in [-0.4, -0.2) is 31.0 Å². The molecule has 1 atom stereocenters. The second kappa shape index (κ2) is 4.69. The van der Waals surface area contributed by atoms with Gasteiger partial charge in [0.2, 0.25) is 5.91 Å². The first kappa shape index (κ1) is 14.7. The first-order valence-electron chi connectivity index (χ1n) is 7.07. The van der Waals surface area contributed by atoms with Crippen molar-refractivity contribution in [2.75, 3.05) is 13.1 Å². The van der Waals surface area contributed by atoms with Crippen molar-refractivity contribution in [3.63, 3.8) is 0 Å². The first-order chi connectivity index (χ1) is 8.68. The summed E-state index contributed by atoms with van der Waals surface area (Å²) in [6, 6.07) is -0.184. The van der Waals surface area contributed by atoms with Gasteiger partial charge in [-0.1, -0.05) is 26.7 Å². The van der Waals surface area contributed by atoms with Crippen LogP contribution in [0.4, 0.5) is 8.78 Å². The molecule has 0 aromatic heterocycles. The maximum absolute atomic E-state index is 13.4. The van der Waals surface area contributed by atoms with Crippen LogP contribution in [0.2, 0.25) is 0 Å². The highest BCUT2D eigenvalue weighted by Gasteiger charge is 2.52. The van der Waals surface area contributed by atoms with E-state index in [1.807, 2.05) is 0 Å². The quantitative estimate of drug-likeness (QED) is 0.826. The average molecular weight is 274 g/mol. The van der Waals surface area contributed by atoms with Gasteiger partial charge in [-0.15, -0.1) is 0 Å². The molecule has 110 valence electrons. The molecule has 0 radical (unpaired) electrons. The molecule has 3 nitrogen and oxygen atoms in total. The minimum Gasteiger partial charge on any atom is -0.354 e. The lowest BCUT2D eigenvalue weighted by Gasteiger charge is -2.47. The van der Waals surface area contributed by atoms with E-state index in [4.69, 9.17) is 0 Å². The summed E-state index contributed by atoms with van der Waals surface area (Å²) in [5, 5.41) is 5.85. The van der Waals surface area contributed by atoms with Crippen molar-refractivity contribution >= 4 is 5.91 Å². The Morgan fingerprint density at radius 3 is 2.32 bits per heavy atom. The molecule has 1 saturated heterocycles. The monoisotopic (exact) mass is 274 g/mol. The summed E-state index contributed by atoms with van der Waals surface area (Å²) in [6.45, 7) is 4.75. The van der Waals surface area contributed by atoms with E-state index < -0.39 is 11.3 Å². The number of carbonyl (C=O) groups is 1. The number of halogens is 2. The van der Waals surface area contributed by atoms with Gasteiger partial charge in [-0.3, -0.25) is 4.79 Å². The molecule has 0 bridgehead atoms. The van der Waals surface area contributed by atoms with Crippen LogP contribution < -0.4 is 10.6 Å². The van der Waals surface area contributed by atoms with E-state index in [9.17, 15) is 13.6 Å². The topological polar surface area (TPSA) is 41.1 Å². The Bertz CT molecular complexity index is 357. The van der Waals surface area contributed by atoms with Gasteiger partial charge in [-0.2, -0.15) is 0 Å². The Morgan fingerprint density at radius 1 is 1.32 bits per heavy atom. The fourth-order valence-electron chi connectivity index (χ4n) is 2.97. The predicted octanol–water partition coefficient (Wildman–Crippen LogP) is 2.32. The summed E-state index contributed by atoms with van der Waals surface area (Å²) in [5.74, 6) is -2.93. The fourth-order valence-corrected chi connectivity index (χ4v) is 2.97. The van der Waals surface area contributed by atoms with E-state index in [1.54, 1.807) is 0 Å². The molecule has 1 aliphatic heterocycles. The van der Waals surface area contributed by atoms with Crippen LogP contribution in [0.3, 0.4) is 0 Å². The van der Waals surface area contributed by atoms with Crippen molar-refractivity contribution in [2.24, 2.45) is 10.8 Å². The Morgan fingerprint density at radius 2 is 1.89 bits per heavy atom. The van der Waals surface area contributed by atoms with Gasteiger partial charge in [0, 0.05) is 23.9 Å². The van der Waals surface area contributed by atoms with Gasteiger partial charge >= 0.3 is 0 Å². The van der Waals surface area contributed by atoms with Crippen LogP contribution in [0, 0.1) is 10.8 Å². The second-order valence-electron chi connectivity index (χ2n) is 6.87. The molecule has 1 amide bonds. The molecule has 1 saturated carbocycles. The Labute approximate surface area is 113 Å². The number of hydrogen-bond donors (Lipinski definition) is 2. The number of carbonyl (C=O) groups excluding carboxylic acids is 1. The maximum Gasteiger partial charge on any atom is 0.252 e. The zero-order valence-electron chi connectivity index (χ0n) is 12.0. The standard InChI is InChI=1S/C14H24F2N2O/c1-12(2,13(3,15)16)8-18-11(19)10-14(9-17-10)6-4-5-7-14/h10,17H,4-9H2,1-3H3,(H,18,19). The summed E-state index contributed by atoms with van der Waals surface area (Å²) in [5.41, 5.74) is -1.13. The Balaban J connectivity index is 1.89. The SMILES string of the molecule is CC(F)(F)C(C)(C)CNC(=O)C1NCC12CCCC2. The predicted molar refractivity (Wildman–Crippen MR) is 70.1 cm³/mol. The lowest BCUT2D eigenvalue weighted by Crippen LogP contribution is -2.67. The Hall–Kier alpha value is -0.710. The smallest absolute Gasteiger partial charge is 0.252 e. The number of rotatable bonds is 4. The number of amides is 1. The average Bonchev–Trinajstić information content (AvgIpc) is 2.74. The summed E-state index contributed by atoms with van der Waals surface area (Å²) in [6.07, 6.45) is 4.49. The Kier molecular flexibility index (Phi) is 3.62. The highest BCUT2D eigenvalue weighted by Crippen LogP contribution is 2.45. The summed E-state index contributed by atoms with van der Waals surface area (Å²) in [7, 11) is 0. The second-order valence-corrected chi connectivity index (χ2v) is 6.87. The van der Waals surface area contributed by atoms with E-state index in [-0.39, 0.29) is 23.9 Å². The van der Waals surface area contributed by atoms with Crippen molar-refractivity contribution in [2.45, 2.75) is 58.4 Å². The molecule has 5 heteroatoms. The van der Waals surface area contributed by atoms with Gasteiger partial charge in [-0.05, 0) is 19.8 Å². The lowest BCUT2D eigenvalue weighted by molar-refractivity contribution is -0.133. The van der Waals surface area contributed by atoms with Crippen molar-refractivity contribution in [3.8, 4) is 0 Å². The lowest BCUT2D eigenvalue weighted by atomic mass is 9.71. The van der Waals surface area contributed by atoms with Crippen LogP contribution in [0.5, 0.6) is 0 Å². The molecule has 1 heterocycles. The van der Waals surface area contributed by atoms with Crippen LogP contribution in [-0.2, 0) is 4.79 Å². The highest BCUT2D eigenvalue weighted by atomic mass is 19.3. The third-order valence-corrected chi connectivity index (χ3v) is 5.03. The van der Waals surface area contributed by atoms with Crippen LogP contribution in [0.15, 0.2) is 0 Å². The molecule has 1 aliphatic carbocycles. The van der Waals surface area contributed by atoms with E-state index in [0.29, 0.717) is 0 Å². The zero-order chi connectivity index (χ0) is 14.3. The first-order valence-corrected chi connectivity index (χ1v) is 7.07. The van der Waals surface area contributed by atoms with Gasteiger partial charge in [-0.25, -0.2) is 8.78 Å². The number of nitrogens with one attached hydrogen (secondary N) is 2. The maximum atomic E-state index is 13.4. The van der Waals surface area contributed by atoms with Crippen molar-refractivity contribution in [1.29, 1.82) is 0 Å². The van der Waals surface area contributed by atoms with Crippen molar-refractivity contribution in [3.05, 3.63) is 0 Å². The molecular formula is C14H24F2N2O. The number of alkyl halides is 2. The van der Waals surface area contributed by atoms with Crippen molar-refractivity contribution < 1.29 is 13.6 Å². The summed E-state index contributed by atoms with van der Waals surface area (Å²) in [4.78, 5) is 12.1. The third-order valence-electron chi connectivity index (χ3n) is 5.03. The molecule has 0 aromatic rings. The van der Waals surface area contributed by atoms with Gasteiger partial charge in [0.1, 0.15) is 0 Å². The van der Waals surface area contributed by atoms with E-state index in [1.165, 1.54) is 26.7 Å².